The molecular formula is C13H19BrFN3. The maximum absolute atomic E-state index is 13.2. The van der Waals surface area contributed by atoms with E-state index in [1.165, 1.54) is 6.07 Å². The highest BCUT2D eigenvalue weighted by atomic mass is 79.9. The molecule has 1 aliphatic rings. The molecule has 1 aromatic carbocycles. The lowest BCUT2D eigenvalue weighted by Crippen LogP contribution is -2.35. The van der Waals surface area contributed by atoms with E-state index in [9.17, 15) is 4.39 Å². The van der Waals surface area contributed by atoms with Crippen molar-refractivity contribution in [2.75, 3.05) is 0 Å². The lowest BCUT2D eigenvalue weighted by Gasteiger charge is -2.14. The molecular weight excluding hydrogens is 297 g/mol. The highest BCUT2D eigenvalue weighted by Gasteiger charge is 2.26. The van der Waals surface area contributed by atoms with Gasteiger partial charge in [0.2, 0.25) is 0 Å². The molecule has 1 fully saturated rings. The van der Waals surface area contributed by atoms with Crippen molar-refractivity contribution in [3.63, 3.8) is 0 Å². The summed E-state index contributed by atoms with van der Waals surface area (Å²) in [6, 6.07) is 5.98. The Bertz CT molecular complexity index is 413. The summed E-state index contributed by atoms with van der Waals surface area (Å²) in [6.45, 7) is 2.10. The third-order valence-corrected chi connectivity index (χ3v) is 4.05. The zero-order chi connectivity index (χ0) is 13.1. The fraction of sp³-hybridized carbons (Fsp3) is 0.538. The first-order valence-corrected chi connectivity index (χ1v) is 7.11. The SMILES string of the molecule is CCC(N)CC1CC(c2ccc(F)c(Br)c2)NN1. The molecule has 18 heavy (non-hydrogen) atoms. The number of hydrazine groups is 1. The smallest absolute Gasteiger partial charge is 0.137 e. The minimum Gasteiger partial charge on any atom is -0.328 e. The third kappa shape index (κ3) is 3.29. The van der Waals surface area contributed by atoms with Crippen molar-refractivity contribution < 1.29 is 4.39 Å². The Labute approximate surface area is 115 Å². The Hall–Kier alpha value is -0.490. The Balaban J connectivity index is 1.97. The zero-order valence-corrected chi connectivity index (χ0v) is 12.0. The van der Waals surface area contributed by atoms with E-state index in [4.69, 9.17) is 5.73 Å². The molecule has 1 saturated heterocycles. The van der Waals surface area contributed by atoms with Crippen molar-refractivity contribution in [3.8, 4) is 0 Å². The van der Waals surface area contributed by atoms with Crippen molar-refractivity contribution in [3.05, 3.63) is 34.1 Å². The fourth-order valence-corrected chi connectivity index (χ4v) is 2.65. The summed E-state index contributed by atoms with van der Waals surface area (Å²) in [6.07, 6.45) is 2.93. The maximum atomic E-state index is 13.2. The third-order valence-electron chi connectivity index (χ3n) is 3.44. The predicted octanol–water partition coefficient (Wildman–Crippen LogP) is 2.62. The molecule has 0 aliphatic carbocycles. The molecule has 3 nitrogen and oxygen atoms in total. The van der Waals surface area contributed by atoms with Crippen LogP contribution >= 0.6 is 15.9 Å². The number of nitrogens with one attached hydrogen (secondary N) is 2. The van der Waals surface area contributed by atoms with Gasteiger partial charge in [0.05, 0.1) is 4.47 Å². The lowest BCUT2D eigenvalue weighted by atomic mass is 9.97. The van der Waals surface area contributed by atoms with Crippen LogP contribution in [0.5, 0.6) is 0 Å². The van der Waals surface area contributed by atoms with E-state index >= 15 is 0 Å². The average Bonchev–Trinajstić information content (AvgIpc) is 2.81. The minimum absolute atomic E-state index is 0.218. The molecule has 1 aromatic rings. The molecule has 0 saturated carbocycles. The largest absolute Gasteiger partial charge is 0.328 e. The Morgan fingerprint density at radius 1 is 1.50 bits per heavy atom. The molecule has 1 heterocycles. The van der Waals surface area contributed by atoms with Crippen LogP contribution in [0.25, 0.3) is 0 Å². The highest BCUT2D eigenvalue weighted by molar-refractivity contribution is 9.10. The first-order chi connectivity index (χ1) is 8.60. The lowest BCUT2D eigenvalue weighted by molar-refractivity contribution is 0.460. The normalized spacial score (nSPS) is 25.3. The number of hydrogen-bond acceptors (Lipinski definition) is 3. The van der Waals surface area contributed by atoms with Gasteiger partial charge in [-0.15, -0.1) is 0 Å². The van der Waals surface area contributed by atoms with E-state index in [0.29, 0.717) is 10.5 Å². The van der Waals surface area contributed by atoms with Crippen LogP contribution in [-0.2, 0) is 0 Å². The number of halogens is 2. The van der Waals surface area contributed by atoms with Gasteiger partial charge in [0, 0.05) is 18.1 Å². The van der Waals surface area contributed by atoms with Gasteiger partial charge in [0.15, 0.2) is 0 Å². The van der Waals surface area contributed by atoms with E-state index in [-0.39, 0.29) is 17.9 Å². The summed E-state index contributed by atoms with van der Waals surface area (Å²) in [4.78, 5) is 0. The van der Waals surface area contributed by atoms with Gasteiger partial charge >= 0.3 is 0 Å². The first kappa shape index (κ1) is 13.9. The fourth-order valence-electron chi connectivity index (χ4n) is 2.26. The second-order valence-electron chi connectivity index (χ2n) is 4.85. The van der Waals surface area contributed by atoms with E-state index in [1.807, 2.05) is 12.1 Å². The van der Waals surface area contributed by atoms with Crippen molar-refractivity contribution in [1.82, 2.24) is 10.9 Å². The predicted molar refractivity (Wildman–Crippen MR) is 74.4 cm³/mol. The van der Waals surface area contributed by atoms with E-state index in [2.05, 4.69) is 33.7 Å². The summed E-state index contributed by atoms with van der Waals surface area (Å²) in [5.74, 6) is -0.228. The van der Waals surface area contributed by atoms with Crippen LogP contribution in [0, 0.1) is 5.82 Å². The molecule has 5 heteroatoms. The van der Waals surface area contributed by atoms with Gasteiger partial charge in [0.1, 0.15) is 5.82 Å². The summed E-state index contributed by atoms with van der Waals surface area (Å²) in [5, 5.41) is 0. The second kappa shape index (κ2) is 6.10. The van der Waals surface area contributed by atoms with E-state index in [0.717, 1.165) is 24.8 Å². The standard InChI is InChI=1S/C13H19BrFN3/c1-2-9(16)6-10-7-13(18-17-10)8-3-4-12(15)11(14)5-8/h3-5,9-10,13,17-18H,2,6-7,16H2,1H3. The van der Waals surface area contributed by atoms with Crippen LogP contribution in [0.15, 0.2) is 22.7 Å². The molecule has 0 radical (unpaired) electrons. The highest BCUT2D eigenvalue weighted by Crippen LogP contribution is 2.27. The Kier molecular flexibility index (Phi) is 4.72. The summed E-state index contributed by atoms with van der Waals surface area (Å²) >= 11 is 3.22. The van der Waals surface area contributed by atoms with Crippen LogP contribution in [0.3, 0.4) is 0 Å². The average molecular weight is 316 g/mol. The monoisotopic (exact) mass is 315 g/mol. The van der Waals surface area contributed by atoms with E-state index in [1.54, 1.807) is 0 Å². The van der Waals surface area contributed by atoms with Gasteiger partial charge in [-0.05, 0) is 52.9 Å². The number of nitrogens with two attached hydrogens (primary N) is 1. The molecule has 3 atom stereocenters. The van der Waals surface area contributed by atoms with Crippen molar-refractivity contribution in [1.29, 1.82) is 0 Å². The van der Waals surface area contributed by atoms with Crippen LogP contribution in [-0.4, -0.2) is 12.1 Å². The second-order valence-corrected chi connectivity index (χ2v) is 5.71. The topological polar surface area (TPSA) is 50.1 Å². The molecule has 3 unspecified atom stereocenters. The van der Waals surface area contributed by atoms with Crippen LogP contribution in [0.1, 0.15) is 37.8 Å². The van der Waals surface area contributed by atoms with Gasteiger partial charge in [-0.2, -0.15) is 0 Å². The van der Waals surface area contributed by atoms with Gasteiger partial charge in [-0.1, -0.05) is 13.0 Å². The Morgan fingerprint density at radius 3 is 2.94 bits per heavy atom. The number of hydrogen-bond donors (Lipinski definition) is 3. The molecule has 0 spiro atoms. The van der Waals surface area contributed by atoms with E-state index < -0.39 is 0 Å². The molecule has 0 amide bonds. The van der Waals surface area contributed by atoms with Crippen molar-refractivity contribution in [2.24, 2.45) is 5.73 Å². The van der Waals surface area contributed by atoms with Gasteiger partial charge < -0.3 is 5.73 Å². The van der Waals surface area contributed by atoms with Crippen LogP contribution in [0.2, 0.25) is 0 Å². The molecule has 100 valence electrons. The summed E-state index contributed by atoms with van der Waals surface area (Å²) < 4.78 is 13.7. The van der Waals surface area contributed by atoms with Crippen molar-refractivity contribution in [2.45, 2.75) is 44.3 Å². The summed E-state index contributed by atoms with van der Waals surface area (Å²) in [7, 11) is 0. The number of rotatable bonds is 4. The molecule has 0 bridgehead atoms. The molecule has 2 rings (SSSR count). The quantitative estimate of drug-likeness (QED) is 0.800. The molecule has 1 aliphatic heterocycles. The van der Waals surface area contributed by atoms with Gasteiger partial charge in [-0.25, -0.2) is 4.39 Å². The molecule has 4 N–H and O–H groups in total. The van der Waals surface area contributed by atoms with Crippen LogP contribution < -0.4 is 16.6 Å². The zero-order valence-electron chi connectivity index (χ0n) is 10.4. The maximum Gasteiger partial charge on any atom is 0.137 e. The number of benzene rings is 1. The minimum atomic E-state index is -0.228. The summed E-state index contributed by atoms with van der Waals surface area (Å²) in [5.41, 5.74) is 13.6. The van der Waals surface area contributed by atoms with Gasteiger partial charge in [0.25, 0.3) is 0 Å². The molecule has 0 aromatic heterocycles. The van der Waals surface area contributed by atoms with Gasteiger partial charge in [-0.3, -0.25) is 10.9 Å². The first-order valence-electron chi connectivity index (χ1n) is 6.31. The van der Waals surface area contributed by atoms with Crippen LogP contribution in [0.4, 0.5) is 4.39 Å². The van der Waals surface area contributed by atoms with Crippen molar-refractivity contribution >= 4 is 15.9 Å². The Morgan fingerprint density at radius 2 is 2.28 bits per heavy atom.